The molecule has 0 aliphatic heterocycles. The number of hydrogen-bond acceptors (Lipinski definition) is 4. The van der Waals surface area contributed by atoms with Crippen molar-refractivity contribution in [3.05, 3.63) is 46.0 Å². The first-order valence-corrected chi connectivity index (χ1v) is 6.41. The Balaban J connectivity index is 1.89. The summed E-state index contributed by atoms with van der Waals surface area (Å²) in [4.78, 5) is 21.7. The van der Waals surface area contributed by atoms with Gasteiger partial charge < -0.3 is 10.4 Å². The van der Waals surface area contributed by atoms with E-state index >= 15 is 0 Å². The standard InChI is InChI=1S/C14H16N2O4/c17-13(15-10-14(18)7-2-8-14)6-5-11-3-1-4-12(9-11)16(19)20/h1,3-6,9,18H,2,7-8,10H2,(H,15,17). The summed E-state index contributed by atoms with van der Waals surface area (Å²) >= 11 is 0. The van der Waals surface area contributed by atoms with Crippen LogP contribution in [-0.2, 0) is 4.79 Å². The number of non-ortho nitro benzene ring substituents is 1. The Kier molecular flexibility index (Phi) is 4.14. The summed E-state index contributed by atoms with van der Waals surface area (Å²) in [6, 6.07) is 6.02. The summed E-state index contributed by atoms with van der Waals surface area (Å²) in [6.07, 6.45) is 5.22. The highest BCUT2D eigenvalue weighted by atomic mass is 16.6. The average Bonchev–Trinajstić information content (AvgIpc) is 2.41. The van der Waals surface area contributed by atoms with E-state index in [1.54, 1.807) is 12.1 Å². The molecule has 0 atom stereocenters. The molecule has 6 nitrogen and oxygen atoms in total. The van der Waals surface area contributed by atoms with Crippen molar-refractivity contribution in [1.29, 1.82) is 0 Å². The lowest BCUT2D eigenvalue weighted by Crippen LogP contribution is -2.47. The lowest BCUT2D eigenvalue weighted by atomic mass is 9.80. The van der Waals surface area contributed by atoms with Gasteiger partial charge >= 0.3 is 0 Å². The number of nitrogens with one attached hydrogen (secondary N) is 1. The van der Waals surface area contributed by atoms with Crippen LogP contribution in [0, 0.1) is 10.1 Å². The molecule has 1 aliphatic rings. The normalized spacial score (nSPS) is 16.6. The molecule has 2 rings (SSSR count). The van der Waals surface area contributed by atoms with Gasteiger partial charge in [-0.3, -0.25) is 14.9 Å². The molecule has 0 spiro atoms. The first kappa shape index (κ1) is 14.2. The molecule has 1 amide bonds. The Morgan fingerprint density at radius 3 is 2.85 bits per heavy atom. The van der Waals surface area contributed by atoms with Crippen LogP contribution in [0.2, 0.25) is 0 Å². The fourth-order valence-corrected chi connectivity index (χ4v) is 1.99. The minimum atomic E-state index is -0.755. The van der Waals surface area contributed by atoms with E-state index in [0.717, 1.165) is 6.42 Å². The quantitative estimate of drug-likeness (QED) is 0.486. The molecule has 1 aromatic rings. The molecule has 106 valence electrons. The molecule has 0 unspecified atom stereocenters. The zero-order valence-electron chi connectivity index (χ0n) is 10.9. The molecule has 0 bridgehead atoms. The number of benzene rings is 1. The number of carbonyl (C=O) groups is 1. The first-order valence-electron chi connectivity index (χ1n) is 6.41. The molecule has 1 aliphatic carbocycles. The Bertz CT molecular complexity index is 550. The molecule has 0 aromatic heterocycles. The van der Waals surface area contributed by atoms with Crippen LogP contribution in [0.5, 0.6) is 0 Å². The number of amides is 1. The molecule has 0 radical (unpaired) electrons. The van der Waals surface area contributed by atoms with E-state index in [2.05, 4.69) is 5.32 Å². The Morgan fingerprint density at radius 1 is 1.50 bits per heavy atom. The number of nitro benzene ring substituents is 1. The number of carbonyl (C=O) groups excluding carboxylic acids is 1. The van der Waals surface area contributed by atoms with Crippen molar-refractivity contribution in [3.63, 3.8) is 0 Å². The van der Waals surface area contributed by atoms with E-state index < -0.39 is 10.5 Å². The summed E-state index contributed by atoms with van der Waals surface area (Å²) in [6.45, 7) is 0.241. The molecular formula is C14H16N2O4. The average molecular weight is 276 g/mol. The summed E-state index contributed by atoms with van der Waals surface area (Å²) < 4.78 is 0. The van der Waals surface area contributed by atoms with Crippen molar-refractivity contribution in [1.82, 2.24) is 5.32 Å². The van der Waals surface area contributed by atoms with Gasteiger partial charge in [0.2, 0.25) is 5.91 Å². The minimum absolute atomic E-state index is 0.0173. The van der Waals surface area contributed by atoms with E-state index in [0.29, 0.717) is 18.4 Å². The molecule has 0 heterocycles. The van der Waals surface area contributed by atoms with E-state index in [4.69, 9.17) is 0 Å². The van der Waals surface area contributed by atoms with Gasteiger partial charge in [0.1, 0.15) is 0 Å². The van der Waals surface area contributed by atoms with Crippen molar-refractivity contribution in [2.45, 2.75) is 24.9 Å². The van der Waals surface area contributed by atoms with Gasteiger partial charge in [0.25, 0.3) is 5.69 Å². The largest absolute Gasteiger partial charge is 0.388 e. The van der Waals surface area contributed by atoms with Gasteiger partial charge in [-0.1, -0.05) is 12.1 Å². The van der Waals surface area contributed by atoms with Gasteiger partial charge in [-0.2, -0.15) is 0 Å². The number of rotatable bonds is 5. The van der Waals surface area contributed by atoms with E-state index in [9.17, 15) is 20.0 Å². The van der Waals surface area contributed by atoms with Gasteiger partial charge in [-0.25, -0.2) is 0 Å². The predicted octanol–water partition coefficient (Wildman–Crippen LogP) is 1.64. The SMILES string of the molecule is O=C(C=Cc1cccc([N+](=O)[O-])c1)NCC1(O)CCC1. The van der Waals surface area contributed by atoms with Gasteiger partial charge in [0, 0.05) is 24.8 Å². The molecular weight excluding hydrogens is 260 g/mol. The summed E-state index contributed by atoms with van der Waals surface area (Å²) in [5.74, 6) is -0.322. The molecule has 20 heavy (non-hydrogen) atoms. The van der Waals surface area contributed by atoms with Gasteiger partial charge in [-0.05, 0) is 30.9 Å². The molecule has 1 aromatic carbocycles. The topological polar surface area (TPSA) is 92.5 Å². The van der Waals surface area contributed by atoms with Crippen molar-refractivity contribution in [2.75, 3.05) is 6.54 Å². The number of aliphatic hydroxyl groups is 1. The predicted molar refractivity (Wildman–Crippen MR) is 73.9 cm³/mol. The van der Waals surface area contributed by atoms with Crippen LogP contribution in [-0.4, -0.2) is 28.1 Å². The fraction of sp³-hybridized carbons (Fsp3) is 0.357. The summed E-state index contributed by atoms with van der Waals surface area (Å²) in [7, 11) is 0. The smallest absolute Gasteiger partial charge is 0.270 e. The third-order valence-corrected chi connectivity index (χ3v) is 3.38. The lowest BCUT2D eigenvalue weighted by molar-refractivity contribution is -0.384. The van der Waals surface area contributed by atoms with Crippen molar-refractivity contribution >= 4 is 17.7 Å². The Hall–Kier alpha value is -2.21. The summed E-state index contributed by atoms with van der Waals surface area (Å²) in [5.41, 5.74) is -0.192. The number of nitrogens with zero attached hydrogens (tertiary/aromatic N) is 1. The first-order chi connectivity index (χ1) is 9.48. The Labute approximate surface area is 116 Å². The molecule has 1 fully saturated rings. The van der Waals surface area contributed by atoms with Gasteiger partial charge in [0.05, 0.1) is 10.5 Å². The van der Waals surface area contributed by atoms with Gasteiger partial charge in [0.15, 0.2) is 0 Å². The minimum Gasteiger partial charge on any atom is -0.388 e. The zero-order chi connectivity index (χ0) is 14.6. The van der Waals surface area contributed by atoms with Crippen molar-refractivity contribution < 1.29 is 14.8 Å². The van der Waals surface area contributed by atoms with Crippen LogP contribution >= 0.6 is 0 Å². The third kappa shape index (κ3) is 3.64. The number of hydrogen-bond donors (Lipinski definition) is 2. The highest BCUT2D eigenvalue weighted by Crippen LogP contribution is 2.30. The fourth-order valence-electron chi connectivity index (χ4n) is 1.99. The van der Waals surface area contributed by atoms with E-state index in [-0.39, 0.29) is 18.1 Å². The van der Waals surface area contributed by atoms with Gasteiger partial charge in [-0.15, -0.1) is 0 Å². The monoisotopic (exact) mass is 276 g/mol. The second-order valence-corrected chi connectivity index (χ2v) is 4.98. The lowest BCUT2D eigenvalue weighted by Gasteiger charge is -2.36. The van der Waals surface area contributed by atoms with Crippen LogP contribution in [0.3, 0.4) is 0 Å². The van der Waals surface area contributed by atoms with E-state index in [1.807, 2.05) is 0 Å². The van der Waals surface area contributed by atoms with Crippen molar-refractivity contribution in [2.24, 2.45) is 0 Å². The van der Waals surface area contributed by atoms with Crippen LogP contribution in [0.1, 0.15) is 24.8 Å². The highest BCUT2D eigenvalue weighted by molar-refractivity contribution is 5.91. The maximum absolute atomic E-state index is 11.6. The molecule has 6 heteroatoms. The highest BCUT2D eigenvalue weighted by Gasteiger charge is 2.34. The van der Waals surface area contributed by atoms with E-state index in [1.165, 1.54) is 24.3 Å². The van der Waals surface area contributed by atoms with Crippen molar-refractivity contribution in [3.8, 4) is 0 Å². The summed E-state index contributed by atoms with van der Waals surface area (Å²) in [5, 5.41) is 23.1. The van der Waals surface area contributed by atoms with Crippen LogP contribution in [0.15, 0.2) is 30.3 Å². The molecule has 0 saturated heterocycles. The third-order valence-electron chi connectivity index (χ3n) is 3.38. The zero-order valence-corrected chi connectivity index (χ0v) is 10.9. The van der Waals surface area contributed by atoms with Crippen LogP contribution in [0.25, 0.3) is 6.08 Å². The van der Waals surface area contributed by atoms with Crippen LogP contribution < -0.4 is 5.32 Å². The molecule has 1 saturated carbocycles. The molecule has 2 N–H and O–H groups in total. The second-order valence-electron chi connectivity index (χ2n) is 4.98. The Morgan fingerprint density at radius 2 is 2.25 bits per heavy atom. The maximum Gasteiger partial charge on any atom is 0.270 e. The van der Waals surface area contributed by atoms with Crippen LogP contribution in [0.4, 0.5) is 5.69 Å². The number of nitro groups is 1. The maximum atomic E-state index is 11.6. The second kappa shape index (κ2) is 5.83.